The highest BCUT2D eigenvalue weighted by molar-refractivity contribution is 7.85. The largest absolute Gasteiger partial charge is 0.465 e. The van der Waals surface area contributed by atoms with Gasteiger partial charge >= 0.3 is 0 Å². The number of aromatic nitrogens is 3. The molecule has 1 atom stereocenters. The fraction of sp³-hybridized carbons (Fsp3) is 0.429. The fourth-order valence-corrected chi connectivity index (χ4v) is 4.08. The van der Waals surface area contributed by atoms with Crippen LogP contribution in [0, 0.1) is 12.8 Å². The molecule has 1 aromatic carbocycles. The standard InChI is InChI=1S/C21H26N4O3S/c1-5-28-21-22-19-17(23-29(4)27)9-15(10-18(19)25(21)11-14-6-7-14)16-8-13(2)20(26)24(3)12-16/h8-10,12,14,23H,5-7,11H2,1-4H3. The maximum Gasteiger partial charge on any atom is 0.297 e. The molecule has 154 valence electrons. The smallest absolute Gasteiger partial charge is 0.297 e. The van der Waals surface area contributed by atoms with Gasteiger partial charge in [0.05, 0.1) is 17.8 Å². The van der Waals surface area contributed by atoms with Crippen LogP contribution in [-0.2, 0) is 24.6 Å². The van der Waals surface area contributed by atoms with Crippen molar-refractivity contribution in [2.24, 2.45) is 13.0 Å². The Morgan fingerprint density at radius 1 is 1.28 bits per heavy atom. The van der Waals surface area contributed by atoms with Gasteiger partial charge in [-0.3, -0.25) is 9.36 Å². The van der Waals surface area contributed by atoms with E-state index in [4.69, 9.17) is 9.72 Å². The monoisotopic (exact) mass is 414 g/mol. The number of aryl methyl sites for hydroxylation is 2. The number of fused-ring (bicyclic) bond motifs is 1. The van der Waals surface area contributed by atoms with Gasteiger partial charge in [-0.15, -0.1) is 0 Å². The van der Waals surface area contributed by atoms with Gasteiger partial charge in [0.25, 0.3) is 11.6 Å². The molecule has 0 radical (unpaired) electrons. The molecule has 1 saturated carbocycles. The summed E-state index contributed by atoms with van der Waals surface area (Å²) in [6, 6.07) is 6.50. The van der Waals surface area contributed by atoms with Crippen molar-refractivity contribution in [2.75, 3.05) is 17.6 Å². The lowest BCUT2D eigenvalue weighted by Crippen LogP contribution is -2.18. The number of nitrogens with zero attached hydrogens (tertiary/aromatic N) is 3. The number of anilines is 1. The third-order valence-corrected chi connectivity index (χ3v) is 5.69. The minimum atomic E-state index is -1.24. The second kappa shape index (κ2) is 7.67. The van der Waals surface area contributed by atoms with Crippen LogP contribution in [-0.4, -0.2) is 31.2 Å². The van der Waals surface area contributed by atoms with Crippen molar-refractivity contribution in [3.63, 3.8) is 0 Å². The van der Waals surface area contributed by atoms with E-state index in [2.05, 4.69) is 15.4 Å². The van der Waals surface area contributed by atoms with Crippen LogP contribution >= 0.6 is 0 Å². The first kappa shape index (κ1) is 19.7. The molecular weight excluding hydrogens is 388 g/mol. The van der Waals surface area contributed by atoms with E-state index in [9.17, 15) is 9.00 Å². The summed E-state index contributed by atoms with van der Waals surface area (Å²) in [5.41, 5.74) is 4.91. The molecule has 3 aromatic rings. The van der Waals surface area contributed by atoms with Gasteiger partial charge in [0.2, 0.25) is 0 Å². The molecule has 1 aliphatic rings. The summed E-state index contributed by atoms with van der Waals surface area (Å²) in [6.07, 6.45) is 5.86. The van der Waals surface area contributed by atoms with Crippen LogP contribution in [0.25, 0.3) is 22.2 Å². The number of ether oxygens (including phenoxy) is 1. The van der Waals surface area contributed by atoms with Crippen LogP contribution in [0.5, 0.6) is 6.01 Å². The van der Waals surface area contributed by atoms with Gasteiger partial charge < -0.3 is 14.0 Å². The van der Waals surface area contributed by atoms with E-state index < -0.39 is 11.0 Å². The Kier molecular flexibility index (Phi) is 5.21. The van der Waals surface area contributed by atoms with E-state index >= 15 is 0 Å². The number of benzene rings is 1. The van der Waals surface area contributed by atoms with E-state index in [1.807, 2.05) is 32.2 Å². The van der Waals surface area contributed by atoms with Gasteiger partial charge in [-0.05, 0) is 61.9 Å². The zero-order valence-electron chi connectivity index (χ0n) is 17.2. The van der Waals surface area contributed by atoms with Crippen molar-refractivity contribution in [3.05, 3.63) is 40.3 Å². The number of hydrogen-bond donors (Lipinski definition) is 1. The molecule has 0 aliphatic heterocycles. The highest BCUT2D eigenvalue weighted by Crippen LogP contribution is 2.37. The highest BCUT2D eigenvalue weighted by Gasteiger charge is 2.26. The van der Waals surface area contributed by atoms with Crippen molar-refractivity contribution >= 4 is 27.7 Å². The first-order chi connectivity index (χ1) is 13.9. The number of pyridine rings is 1. The molecule has 1 fully saturated rings. The van der Waals surface area contributed by atoms with Crippen LogP contribution in [0.15, 0.2) is 29.2 Å². The third-order valence-electron chi connectivity index (χ3n) is 5.18. The van der Waals surface area contributed by atoms with Gasteiger partial charge in [-0.25, -0.2) is 4.21 Å². The lowest BCUT2D eigenvalue weighted by atomic mass is 10.0. The second-order valence-electron chi connectivity index (χ2n) is 7.66. The lowest BCUT2D eigenvalue weighted by molar-refractivity contribution is 0.296. The molecule has 8 heteroatoms. The summed E-state index contributed by atoms with van der Waals surface area (Å²) in [4.78, 5) is 16.8. The molecule has 0 amide bonds. The number of imidazole rings is 1. The average molecular weight is 415 g/mol. The zero-order valence-corrected chi connectivity index (χ0v) is 18.0. The van der Waals surface area contributed by atoms with E-state index in [1.54, 1.807) is 17.9 Å². The van der Waals surface area contributed by atoms with Gasteiger partial charge in [-0.2, -0.15) is 4.98 Å². The molecule has 4 rings (SSSR count). The third kappa shape index (κ3) is 3.94. The molecule has 0 bridgehead atoms. The summed E-state index contributed by atoms with van der Waals surface area (Å²) in [5, 5.41) is 0. The topological polar surface area (TPSA) is 78.2 Å². The lowest BCUT2D eigenvalue weighted by Gasteiger charge is -2.12. The predicted octanol–water partition coefficient (Wildman–Crippen LogP) is 3.22. The second-order valence-corrected chi connectivity index (χ2v) is 8.77. The number of hydrogen-bond acceptors (Lipinski definition) is 4. The van der Waals surface area contributed by atoms with E-state index in [1.165, 1.54) is 12.8 Å². The zero-order chi connectivity index (χ0) is 20.7. The molecule has 1 aliphatic carbocycles. The molecule has 0 saturated heterocycles. The SMILES string of the molecule is CCOc1nc2c(NS(C)=O)cc(-c3cc(C)c(=O)n(C)c3)cc2n1CC1CC1. The summed E-state index contributed by atoms with van der Waals surface area (Å²) in [6.45, 7) is 5.15. The number of rotatable bonds is 7. The quantitative estimate of drug-likeness (QED) is 0.644. The molecule has 0 spiro atoms. The predicted molar refractivity (Wildman–Crippen MR) is 117 cm³/mol. The maximum absolute atomic E-state index is 12.1. The Balaban J connectivity index is 1.95. The minimum absolute atomic E-state index is 0.0137. The van der Waals surface area contributed by atoms with Crippen LogP contribution in [0.1, 0.15) is 25.3 Å². The van der Waals surface area contributed by atoms with Crippen molar-refractivity contribution in [1.82, 2.24) is 14.1 Å². The molecule has 1 N–H and O–H groups in total. The number of nitrogens with one attached hydrogen (secondary N) is 1. The Morgan fingerprint density at radius 2 is 2.03 bits per heavy atom. The van der Waals surface area contributed by atoms with E-state index in [0.29, 0.717) is 29.8 Å². The van der Waals surface area contributed by atoms with Gasteiger partial charge in [-0.1, -0.05) is 0 Å². The Hall–Kier alpha value is -2.61. The van der Waals surface area contributed by atoms with Crippen molar-refractivity contribution in [1.29, 1.82) is 0 Å². The molecule has 2 aromatic heterocycles. The normalized spacial score (nSPS) is 14.9. The van der Waals surface area contributed by atoms with E-state index in [-0.39, 0.29) is 5.56 Å². The van der Waals surface area contributed by atoms with Crippen LogP contribution in [0.3, 0.4) is 0 Å². The summed E-state index contributed by atoms with van der Waals surface area (Å²) in [5.74, 6) is 0.645. The van der Waals surface area contributed by atoms with Gasteiger partial charge in [0.1, 0.15) is 16.5 Å². The van der Waals surface area contributed by atoms with Crippen LogP contribution in [0.4, 0.5) is 5.69 Å². The van der Waals surface area contributed by atoms with Crippen molar-refractivity contribution in [3.8, 4) is 17.1 Å². The molecule has 7 nitrogen and oxygen atoms in total. The summed E-state index contributed by atoms with van der Waals surface area (Å²) in [7, 11) is 0.508. The van der Waals surface area contributed by atoms with Crippen LogP contribution < -0.4 is 15.0 Å². The van der Waals surface area contributed by atoms with Gasteiger partial charge in [0.15, 0.2) is 0 Å². The Morgan fingerprint density at radius 3 is 2.66 bits per heavy atom. The molecule has 29 heavy (non-hydrogen) atoms. The summed E-state index contributed by atoms with van der Waals surface area (Å²) >= 11 is 0. The molecule has 1 unspecified atom stereocenters. The summed E-state index contributed by atoms with van der Waals surface area (Å²) < 4.78 is 24.5. The first-order valence-electron chi connectivity index (χ1n) is 9.82. The van der Waals surface area contributed by atoms with Crippen LogP contribution in [0.2, 0.25) is 0 Å². The molecule has 2 heterocycles. The van der Waals surface area contributed by atoms with E-state index in [0.717, 1.165) is 28.7 Å². The maximum atomic E-state index is 12.1. The Bertz CT molecular complexity index is 1130. The highest BCUT2D eigenvalue weighted by atomic mass is 32.2. The fourth-order valence-electron chi connectivity index (χ4n) is 3.61. The average Bonchev–Trinajstić information content (AvgIpc) is 3.42. The minimum Gasteiger partial charge on any atom is -0.465 e. The first-order valence-corrected chi connectivity index (χ1v) is 11.4. The molecular formula is C21H26N4O3S. The Labute approximate surface area is 172 Å². The van der Waals surface area contributed by atoms with Gasteiger partial charge in [0, 0.05) is 31.6 Å². The van der Waals surface area contributed by atoms with Crippen molar-refractivity contribution in [2.45, 2.75) is 33.2 Å². The van der Waals surface area contributed by atoms with Crippen molar-refractivity contribution < 1.29 is 8.95 Å².